The van der Waals surface area contributed by atoms with Crippen molar-refractivity contribution in [1.82, 2.24) is 10.6 Å². The summed E-state index contributed by atoms with van der Waals surface area (Å²) in [6.45, 7) is -2.53. The van der Waals surface area contributed by atoms with Gasteiger partial charge in [0, 0.05) is 37.3 Å². The summed E-state index contributed by atoms with van der Waals surface area (Å²) >= 11 is 0. The van der Waals surface area contributed by atoms with E-state index >= 15 is 0 Å². The number of hydrogen-bond donors (Lipinski definition) is 2. The normalized spacial score (nSPS) is 11.0. The van der Waals surface area contributed by atoms with E-state index in [1.165, 1.54) is 19.2 Å². The van der Waals surface area contributed by atoms with Crippen LogP contribution in [0, 0.1) is 5.82 Å². The average molecular weight is 495 g/mol. The van der Waals surface area contributed by atoms with E-state index in [0.29, 0.717) is 22.8 Å². The molecule has 0 aliphatic rings. The summed E-state index contributed by atoms with van der Waals surface area (Å²) in [5, 5.41) is 5.94. The second-order valence-corrected chi connectivity index (χ2v) is 5.22. The van der Waals surface area contributed by atoms with Gasteiger partial charge in [-0.05, 0) is 18.2 Å². The lowest BCUT2D eigenvalue weighted by molar-refractivity contribution is -0.0505. The van der Waals surface area contributed by atoms with Gasteiger partial charge in [0.15, 0.2) is 5.96 Å². The summed E-state index contributed by atoms with van der Waals surface area (Å²) in [5.74, 6) is 0.494. The molecule has 2 aromatic rings. The lowest BCUT2D eigenvalue weighted by Gasteiger charge is -2.15. The number of methoxy groups -OCH3 is 1. The topological polar surface area (TPSA) is 54.9 Å². The van der Waals surface area contributed by atoms with E-state index in [4.69, 9.17) is 4.74 Å². The fourth-order valence-corrected chi connectivity index (χ4v) is 2.23. The minimum Gasteiger partial charge on any atom is -0.497 e. The highest BCUT2D eigenvalue weighted by molar-refractivity contribution is 14.0. The predicted molar refractivity (Wildman–Crippen MR) is 108 cm³/mol. The summed E-state index contributed by atoms with van der Waals surface area (Å²) in [4.78, 5) is 4.03. The molecule has 0 saturated heterocycles. The van der Waals surface area contributed by atoms with Crippen molar-refractivity contribution < 1.29 is 22.6 Å². The molecule has 0 atom stereocenters. The molecular weight excluding hydrogens is 474 g/mol. The zero-order valence-corrected chi connectivity index (χ0v) is 17.2. The minimum absolute atomic E-state index is 0. The number of halogens is 4. The molecular formula is C18H21F3IN3O2. The molecule has 5 nitrogen and oxygen atoms in total. The van der Waals surface area contributed by atoms with Crippen molar-refractivity contribution in [2.75, 3.05) is 14.2 Å². The van der Waals surface area contributed by atoms with Crippen LogP contribution in [-0.2, 0) is 13.1 Å². The van der Waals surface area contributed by atoms with E-state index in [2.05, 4.69) is 20.4 Å². The monoisotopic (exact) mass is 495 g/mol. The molecule has 0 spiro atoms. The van der Waals surface area contributed by atoms with Gasteiger partial charge in [0.05, 0.1) is 7.11 Å². The van der Waals surface area contributed by atoms with Crippen molar-refractivity contribution in [3.8, 4) is 11.5 Å². The van der Waals surface area contributed by atoms with Gasteiger partial charge in [0.25, 0.3) is 0 Å². The molecule has 0 radical (unpaired) electrons. The molecule has 0 fully saturated rings. The van der Waals surface area contributed by atoms with Gasteiger partial charge < -0.3 is 20.1 Å². The Kier molecular flexibility index (Phi) is 9.76. The van der Waals surface area contributed by atoms with Crippen LogP contribution in [0.1, 0.15) is 11.1 Å². The molecule has 0 aliphatic carbocycles. The van der Waals surface area contributed by atoms with Gasteiger partial charge in [-0.1, -0.05) is 18.2 Å². The highest BCUT2D eigenvalue weighted by atomic mass is 127. The molecule has 9 heteroatoms. The standard InChI is InChI=1S/C18H20F3N3O2.HI/c1-22-18(23-10-12-5-3-4-6-15(12)19)24-11-13-7-8-14(25-2)9-16(13)26-17(20)21;/h3-9,17H,10-11H2,1-2H3,(H2,22,23,24);1H. The summed E-state index contributed by atoms with van der Waals surface area (Å²) < 4.78 is 48.4. The quantitative estimate of drug-likeness (QED) is 0.348. The Bertz CT molecular complexity index is 760. The van der Waals surface area contributed by atoms with E-state index in [9.17, 15) is 13.2 Å². The fourth-order valence-electron chi connectivity index (χ4n) is 2.23. The van der Waals surface area contributed by atoms with Gasteiger partial charge in [-0.3, -0.25) is 4.99 Å². The van der Waals surface area contributed by atoms with Crippen LogP contribution in [0.25, 0.3) is 0 Å². The van der Waals surface area contributed by atoms with Crippen LogP contribution in [0.5, 0.6) is 11.5 Å². The second kappa shape index (κ2) is 11.5. The first kappa shape index (κ1) is 22.9. The summed E-state index contributed by atoms with van der Waals surface area (Å²) in [6.07, 6.45) is 0. The Morgan fingerprint density at radius 3 is 2.33 bits per heavy atom. The van der Waals surface area contributed by atoms with E-state index < -0.39 is 6.61 Å². The number of alkyl halides is 2. The van der Waals surface area contributed by atoms with Gasteiger partial charge in [-0.15, -0.1) is 24.0 Å². The molecule has 0 aromatic heterocycles. The molecule has 0 heterocycles. The number of guanidine groups is 1. The summed E-state index contributed by atoms with van der Waals surface area (Å²) in [7, 11) is 3.00. The summed E-state index contributed by atoms with van der Waals surface area (Å²) in [6, 6.07) is 11.0. The number of ether oxygens (including phenoxy) is 2. The second-order valence-electron chi connectivity index (χ2n) is 5.22. The maximum Gasteiger partial charge on any atom is 0.387 e. The molecule has 0 bridgehead atoms. The van der Waals surface area contributed by atoms with Gasteiger partial charge in [0.2, 0.25) is 0 Å². The van der Waals surface area contributed by atoms with Crippen molar-refractivity contribution in [2.24, 2.45) is 4.99 Å². The van der Waals surface area contributed by atoms with Gasteiger partial charge >= 0.3 is 6.61 Å². The first-order chi connectivity index (χ1) is 12.5. The smallest absolute Gasteiger partial charge is 0.387 e. The first-order valence-corrected chi connectivity index (χ1v) is 7.83. The van der Waals surface area contributed by atoms with Crippen molar-refractivity contribution in [3.63, 3.8) is 0 Å². The number of aliphatic imine (C=N–C) groups is 1. The molecule has 148 valence electrons. The van der Waals surface area contributed by atoms with Crippen molar-refractivity contribution in [2.45, 2.75) is 19.7 Å². The Labute approximate surface area is 173 Å². The van der Waals surface area contributed by atoms with Crippen LogP contribution in [0.4, 0.5) is 13.2 Å². The number of hydrogen-bond acceptors (Lipinski definition) is 3. The zero-order valence-electron chi connectivity index (χ0n) is 14.8. The van der Waals surface area contributed by atoms with Crippen LogP contribution >= 0.6 is 24.0 Å². The van der Waals surface area contributed by atoms with Crippen molar-refractivity contribution in [1.29, 1.82) is 0 Å². The largest absolute Gasteiger partial charge is 0.497 e. The van der Waals surface area contributed by atoms with E-state index in [1.54, 1.807) is 37.4 Å². The average Bonchev–Trinajstić information content (AvgIpc) is 2.63. The number of benzene rings is 2. The van der Waals surface area contributed by atoms with Crippen LogP contribution in [-0.4, -0.2) is 26.7 Å². The first-order valence-electron chi connectivity index (χ1n) is 7.83. The Morgan fingerprint density at radius 1 is 1.07 bits per heavy atom. The van der Waals surface area contributed by atoms with Gasteiger partial charge in [0.1, 0.15) is 17.3 Å². The van der Waals surface area contributed by atoms with Gasteiger partial charge in [-0.2, -0.15) is 8.78 Å². The van der Waals surface area contributed by atoms with Crippen LogP contribution in [0.2, 0.25) is 0 Å². The maximum atomic E-state index is 13.6. The maximum absolute atomic E-state index is 13.6. The number of nitrogens with one attached hydrogen (secondary N) is 2. The minimum atomic E-state index is -2.95. The molecule has 0 amide bonds. The Balaban J connectivity index is 0.00000364. The third-order valence-corrected chi connectivity index (χ3v) is 3.56. The third kappa shape index (κ3) is 7.16. The molecule has 2 rings (SSSR count). The van der Waals surface area contributed by atoms with Crippen LogP contribution in [0.15, 0.2) is 47.5 Å². The predicted octanol–water partition coefficient (Wildman–Crippen LogP) is 3.92. The fraction of sp³-hybridized carbons (Fsp3) is 0.278. The SMILES string of the molecule is CN=C(NCc1ccccc1F)NCc1ccc(OC)cc1OC(F)F.I. The van der Waals surface area contributed by atoms with E-state index in [0.717, 1.165) is 0 Å². The highest BCUT2D eigenvalue weighted by Gasteiger charge is 2.12. The van der Waals surface area contributed by atoms with Crippen molar-refractivity contribution >= 4 is 29.9 Å². The van der Waals surface area contributed by atoms with Gasteiger partial charge in [-0.25, -0.2) is 4.39 Å². The lowest BCUT2D eigenvalue weighted by atomic mass is 10.2. The molecule has 0 unspecified atom stereocenters. The van der Waals surface area contributed by atoms with Crippen molar-refractivity contribution in [3.05, 3.63) is 59.4 Å². The van der Waals surface area contributed by atoms with Crippen LogP contribution < -0.4 is 20.1 Å². The lowest BCUT2D eigenvalue weighted by Crippen LogP contribution is -2.36. The Hall–Kier alpha value is -2.17. The highest BCUT2D eigenvalue weighted by Crippen LogP contribution is 2.26. The van der Waals surface area contributed by atoms with E-state index in [-0.39, 0.29) is 48.6 Å². The van der Waals surface area contributed by atoms with Crippen LogP contribution in [0.3, 0.4) is 0 Å². The molecule has 27 heavy (non-hydrogen) atoms. The summed E-state index contributed by atoms with van der Waals surface area (Å²) in [5.41, 5.74) is 0.988. The zero-order chi connectivity index (χ0) is 18.9. The molecule has 0 saturated carbocycles. The molecule has 0 aliphatic heterocycles. The number of rotatable bonds is 7. The molecule has 2 N–H and O–H groups in total. The third-order valence-electron chi connectivity index (χ3n) is 3.56. The molecule has 2 aromatic carbocycles. The van der Waals surface area contributed by atoms with E-state index in [1.807, 2.05) is 0 Å². The number of nitrogens with zero attached hydrogens (tertiary/aromatic N) is 1. The Morgan fingerprint density at radius 2 is 1.74 bits per heavy atom.